The van der Waals surface area contributed by atoms with Crippen LogP contribution in [0, 0.1) is 0 Å². The van der Waals surface area contributed by atoms with E-state index in [1.54, 1.807) is 0 Å². The van der Waals surface area contributed by atoms with Gasteiger partial charge in [-0.2, -0.15) is 13.2 Å². The highest BCUT2D eigenvalue weighted by Crippen LogP contribution is 2.41. The summed E-state index contributed by atoms with van der Waals surface area (Å²) in [6, 6.07) is 2.37. The number of fused-ring (bicyclic) bond motifs is 1. The Balaban J connectivity index is 2.68. The number of hydrogen-bond donors (Lipinski definition) is 1. The van der Waals surface area contributed by atoms with Crippen molar-refractivity contribution >= 4 is 48.7 Å². The van der Waals surface area contributed by atoms with Crippen LogP contribution in [0.4, 0.5) is 23.1 Å². The SMILES string of the molecule is CN(C(=O)O)c1nc2cc(Br)cc(C(F)(F)F)c2s1. The minimum atomic E-state index is -4.52. The molecule has 19 heavy (non-hydrogen) atoms. The number of rotatable bonds is 1. The average Bonchev–Trinajstić information content (AvgIpc) is 2.68. The Hall–Kier alpha value is -1.35. The second kappa shape index (κ2) is 4.64. The van der Waals surface area contributed by atoms with Crippen molar-refractivity contribution in [1.29, 1.82) is 0 Å². The van der Waals surface area contributed by atoms with Gasteiger partial charge >= 0.3 is 12.3 Å². The standard InChI is InChI=1S/C10H6BrF3N2O2S/c1-16(9(17)18)8-15-6-3-4(11)2-5(7(6)19-8)10(12,13)14/h2-3H,1H3,(H,17,18). The van der Waals surface area contributed by atoms with Crippen LogP contribution in [0.1, 0.15) is 5.56 Å². The highest BCUT2D eigenvalue weighted by molar-refractivity contribution is 9.10. The lowest BCUT2D eigenvalue weighted by atomic mass is 10.2. The summed E-state index contributed by atoms with van der Waals surface area (Å²) < 4.78 is 38.8. The Kier molecular flexibility index (Phi) is 3.43. The van der Waals surface area contributed by atoms with Gasteiger partial charge in [0, 0.05) is 11.5 Å². The molecule has 0 aliphatic heterocycles. The van der Waals surface area contributed by atoms with E-state index in [0.717, 1.165) is 11.0 Å². The van der Waals surface area contributed by atoms with Crippen molar-refractivity contribution < 1.29 is 23.1 Å². The molecule has 0 saturated carbocycles. The Morgan fingerprint density at radius 1 is 1.47 bits per heavy atom. The van der Waals surface area contributed by atoms with Gasteiger partial charge in [-0.1, -0.05) is 27.3 Å². The van der Waals surface area contributed by atoms with Crippen LogP contribution >= 0.6 is 27.3 Å². The lowest BCUT2D eigenvalue weighted by Crippen LogP contribution is -2.23. The van der Waals surface area contributed by atoms with E-state index >= 15 is 0 Å². The van der Waals surface area contributed by atoms with Crippen LogP contribution in [-0.2, 0) is 6.18 Å². The first-order chi connectivity index (χ1) is 8.70. The van der Waals surface area contributed by atoms with E-state index in [9.17, 15) is 18.0 Å². The van der Waals surface area contributed by atoms with Gasteiger partial charge in [0.2, 0.25) is 0 Å². The van der Waals surface area contributed by atoms with Gasteiger partial charge in [0.25, 0.3) is 0 Å². The number of alkyl halides is 3. The first-order valence-corrected chi connectivity index (χ1v) is 6.45. The molecule has 0 aliphatic rings. The van der Waals surface area contributed by atoms with Crippen molar-refractivity contribution in [3.8, 4) is 0 Å². The molecule has 0 spiro atoms. The van der Waals surface area contributed by atoms with Crippen LogP contribution in [0.2, 0.25) is 0 Å². The van der Waals surface area contributed by atoms with Crippen LogP contribution in [0.3, 0.4) is 0 Å². The number of thiazole rings is 1. The molecule has 0 atom stereocenters. The van der Waals surface area contributed by atoms with Gasteiger partial charge in [-0.3, -0.25) is 4.90 Å². The van der Waals surface area contributed by atoms with Crippen LogP contribution < -0.4 is 4.90 Å². The summed E-state index contributed by atoms with van der Waals surface area (Å²) in [5, 5.41) is 8.80. The van der Waals surface area contributed by atoms with E-state index in [4.69, 9.17) is 5.11 Å². The molecule has 4 nitrogen and oxygen atoms in total. The molecule has 2 rings (SSSR count). The van der Waals surface area contributed by atoms with Gasteiger partial charge in [0.05, 0.1) is 15.8 Å². The third kappa shape index (κ3) is 2.66. The maximum atomic E-state index is 12.9. The molecule has 1 aromatic carbocycles. The quantitative estimate of drug-likeness (QED) is 0.835. The molecular formula is C10H6BrF3N2O2S. The minimum Gasteiger partial charge on any atom is -0.465 e. The zero-order valence-corrected chi connectivity index (χ0v) is 11.7. The summed E-state index contributed by atoms with van der Waals surface area (Å²) >= 11 is 3.67. The fourth-order valence-electron chi connectivity index (χ4n) is 1.42. The van der Waals surface area contributed by atoms with E-state index in [2.05, 4.69) is 20.9 Å². The maximum absolute atomic E-state index is 12.9. The number of carbonyl (C=O) groups is 1. The summed E-state index contributed by atoms with van der Waals surface area (Å²) in [6.07, 6.45) is -5.81. The van der Waals surface area contributed by atoms with E-state index < -0.39 is 17.8 Å². The Morgan fingerprint density at radius 3 is 2.63 bits per heavy atom. The third-order valence-electron chi connectivity index (χ3n) is 2.32. The maximum Gasteiger partial charge on any atom is 0.417 e. The second-order valence-corrected chi connectivity index (χ2v) is 5.53. The fraction of sp³-hybridized carbons (Fsp3) is 0.200. The molecule has 0 radical (unpaired) electrons. The Labute approximate surface area is 117 Å². The third-order valence-corrected chi connectivity index (χ3v) is 3.96. The predicted molar refractivity (Wildman–Crippen MR) is 68.7 cm³/mol. The van der Waals surface area contributed by atoms with E-state index in [-0.39, 0.29) is 19.8 Å². The van der Waals surface area contributed by atoms with Crippen molar-refractivity contribution in [1.82, 2.24) is 4.98 Å². The lowest BCUT2D eigenvalue weighted by molar-refractivity contribution is -0.136. The van der Waals surface area contributed by atoms with Crippen LogP contribution in [0.25, 0.3) is 10.2 Å². The molecule has 9 heteroatoms. The molecule has 1 amide bonds. The fourth-order valence-corrected chi connectivity index (χ4v) is 2.90. The molecule has 0 bridgehead atoms. The van der Waals surface area contributed by atoms with Gasteiger partial charge in [0.1, 0.15) is 0 Å². The first-order valence-electron chi connectivity index (χ1n) is 4.84. The molecule has 1 N–H and O–H groups in total. The number of hydrogen-bond acceptors (Lipinski definition) is 3. The van der Waals surface area contributed by atoms with Crippen molar-refractivity contribution in [3.05, 3.63) is 22.2 Å². The first kappa shape index (κ1) is 14.1. The van der Waals surface area contributed by atoms with E-state index in [1.807, 2.05) is 0 Å². The lowest BCUT2D eigenvalue weighted by Gasteiger charge is -2.08. The predicted octanol–water partition coefficient (Wildman–Crippen LogP) is 4.19. The second-order valence-electron chi connectivity index (χ2n) is 3.64. The number of amides is 1. The van der Waals surface area contributed by atoms with Crippen LogP contribution in [-0.4, -0.2) is 23.2 Å². The molecule has 1 heterocycles. The van der Waals surface area contributed by atoms with Gasteiger partial charge in [-0.25, -0.2) is 9.78 Å². The van der Waals surface area contributed by atoms with Gasteiger partial charge in [0.15, 0.2) is 5.13 Å². The number of benzene rings is 1. The summed E-state index contributed by atoms with van der Waals surface area (Å²) in [5.41, 5.74) is -0.728. The summed E-state index contributed by atoms with van der Waals surface area (Å²) in [7, 11) is 1.22. The molecule has 102 valence electrons. The van der Waals surface area contributed by atoms with Crippen LogP contribution in [0.15, 0.2) is 16.6 Å². The van der Waals surface area contributed by atoms with Crippen molar-refractivity contribution in [2.75, 3.05) is 11.9 Å². The van der Waals surface area contributed by atoms with Crippen LogP contribution in [0.5, 0.6) is 0 Å². The average molecular weight is 355 g/mol. The molecule has 0 aliphatic carbocycles. The highest BCUT2D eigenvalue weighted by atomic mass is 79.9. The molecular weight excluding hydrogens is 349 g/mol. The largest absolute Gasteiger partial charge is 0.465 e. The molecule has 1 aromatic heterocycles. The number of anilines is 1. The number of nitrogens with zero attached hydrogens (tertiary/aromatic N) is 2. The summed E-state index contributed by atoms with van der Waals surface area (Å²) in [4.78, 5) is 15.5. The zero-order chi connectivity index (χ0) is 14.4. The van der Waals surface area contributed by atoms with E-state index in [1.165, 1.54) is 13.1 Å². The van der Waals surface area contributed by atoms with Gasteiger partial charge < -0.3 is 5.11 Å². The number of carboxylic acid groups (broad SMARTS) is 1. The Bertz CT molecular complexity index is 656. The Morgan fingerprint density at radius 2 is 2.11 bits per heavy atom. The summed E-state index contributed by atoms with van der Waals surface area (Å²) in [6.45, 7) is 0. The number of halogens is 4. The minimum absolute atomic E-state index is 0.00824. The molecule has 0 unspecified atom stereocenters. The highest BCUT2D eigenvalue weighted by Gasteiger charge is 2.34. The monoisotopic (exact) mass is 354 g/mol. The molecule has 0 fully saturated rings. The van der Waals surface area contributed by atoms with Gasteiger partial charge in [-0.05, 0) is 12.1 Å². The van der Waals surface area contributed by atoms with Crippen molar-refractivity contribution in [2.45, 2.75) is 6.18 Å². The van der Waals surface area contributed by atoms with Gasteiger partial charge in [-0.15, -0.1) is 0 Å². The normalized spacial score (nSPS) is 11.8. The summed E-state index contributed by atoms with van der Waals surface area (Å²) in [5.74, 6) is 0. The topological polar surface area (TPSA) is 53.4 Å². The van der Waals surface area contributed by atoms with E-state index in [0.29, 0.717) is 11.3 Å². The van der Waals surface area contributed by atoms with Crippen molar-refractivity contribution in [3.63, 3.8) is 0 Å². The number of aromatic nitrogens is 1. The molecule has 0 saturated heterocycles. The molecule has 2 aromatic rings. The smallest absolute Gasteiger partial charge is 0.417 e. The van der Waals surface area contributed by atoms with Crippen molar-refractivity contribution in [2.24, 2.45) is 0 Å². The zero-order valence-electron chi connectivity index (χ0n) is 9.32.